The molecule has 1 heterocycles. The van der Waals surface area contributed by atoms with Crippen LogP contribution in [0.3, 0.4) is 0 Å². The zero-order valence-electron chi connectivity index (χ0n) is 16.4. The van der Waals surface area contributed by atoms with E-state index >= 15 is 0 Å². The summed E-state index contributed by atoms with van der Waals surface area (Å²) in [6.07, 6.45) is 1.54. The van der Waals surface area contributed by atoms with Gasteiger partial charge in [-0.15, -0.1) is 0 Å². The molecule has 0 aliphatic carbocycles. The number of methoxy groups -OCH3 is 2. The van der Waals surface area contributed by atoms with Gasteiger partial charge in [0.15, 0.2) is 17.3 Å². The van der Waals surface area contributed by atoms with E-state index in [-0.39, 0.29) is 5.56 Å². The van der Waals surface area contributed by atoms with Crippen molar-refractivity contribution in [2.75, 3.05) is 14.2 Å². The van der Waals surface area contributed by atoms with E-state index in [9.17, 15) is 4.79 Å². The average molecular weight is 420 g/mol. The van der Waals surface area contributed by atoms with Gasteiger partial charge in [-0.2, -0.15) is 9.78 Å². The Hall–Kier alpha value is -3.64. The van der Waals surface area contributed by atoms with Crippen LogP contribution in [0.5, 0.6) is 11.5 Å². The van der Waals surface area contributed by atoms with Crippen LogP contribution >= 0.6 is 11.6 Å². The summed E-state index contributed by atoms with van der Waals surface area (Å²) in [4.78, 5) is 17.8. The first-order valence-electron chi connectivity index (χ1n) is 9.15. The molecule has 0 radical (unpaired) electrons. The smallest absolute Gasteiger partial charge is 0.282 e. The van der Waals surface area contributed by atoms with Gasteiger partial charge in [-0.3, -0.25) is 4.79 Å². The fourth-order valence-electron chi connectivity index (χ4n) is 3.14. The summed E-state index contributed by atoms with van der Waals surface area (Å²) >= 11 is 6.28. The maximum absolute atomic E-state index is 13.2. The number of nitrogens with zero attached hydrogens (tertiary/aromatic N) is 3. The molecule has 150 valence electrons. The third-order valence-electron chi connectivity index (χ3n) is 4.56. The highest BCUT2D eigenvalue weighted by atomic mass is 35.5. The first-order chi connectivity index (χ1) is 14.6. The number of fused-ring (bicyclic) bond motifs is 1. The Morgan fingerprint density at radius 1 is 1.00 bits per heavy atom. The molecule has 0 unspecified atom stereocenters. The van der Waals surface area contributed by atoms with Gasteiger partial charge in [-0.25, -0.2) is 4.98 Å². The minimum atomic E-state index is -0.262. The Kier molecular flexibility index (Phi) is 5.50. The summed E-state index contributed by atoms with van der Waals surface area (Å²) in [6.45, 7) is 0. The van der Waals surface area contributed by atoms with E-state index in [0.29, 0.717) is 38.8 Å². The summed E-state index contributed by atoms with van der Waals surface area (Å²) < 4.78 is 11.9. The van der Waals surface area contributed by atoms with Crippen molar-refractivity contribution in [1.82, 2.24) is 9.66 Å². The molecule has 0 aliphatic heterocycles. The Labute approximate surface area is 178 Å². The summed E-state index contributed by atoms with van der Waals surface area (Å²) in [6, 6.07) is 20.1. The second-order valence-electron chi connectivity index (χ2n) is 6.42. The third-order valence-corrected chi connectivity index (χ3v) is 4.84. The molecule has 0 bridgehead atoms. The molecule has 0 aliphatic rings. The molecule has 4 rings (SSSR count). The molecule has 6 nitrogen and oxygen atoms in total. The van der Waals surface area contributed by atoms with Crippen LogP contribution in [0.2, 0.25) is 5.02 Å². The highest BCUT2D eigenvalue weighted by molar-refractivity contribution is 6.32. The summed E-state index contributed by atoms with van der Waals surface area (Å²) in [5, 5.41) is 5.30. The summed E-state index contributed by atoms with van der Waals surface area (Å²) in [5.74, 6) is 1.35. The predicted molar refractivity (Wildman–Crippen MR) is 119 cm³/mol. The van der Waals surface area contributed by atoms with E-state index in [4.69, 9.17) is 21.1 Å². The van der Waals surface area contributed by atoms with Crippen molar-refractivity contribution in [2.45, 2.75) is 0 Å². The van der Waals surface area contributed by atoms with Gasteiger partial charge in [-0.05, 0) is 29.8 Å². The molecular weight excluding hydrogens is 402 g/mol. The fourth-order valence-corrected chi connectivity index (χ4v) is 3.44. The molecule has 0 saturated carbocycles. The SMILES string of the molecule is COc1cc(C=Nn2c(-c3ccccc3)nc3ccccc3c2=O)cc(Cl)c1OC. The van der Waals surface area contributed by atoms with Crippen LogP contribution in [0, 0.1) is 0 Å². The van der Waals surface area contributed by atoms with Gasteiger partial charge in [0.25, 0.3) is 5.56 Å². The van der Waals surface area contributed by atoms with Gasteiger partial charge < -0.3 is 9.47 Å². The molecule has 0 N–H and O–H groups in total. The van der Waals surface area contributed by atoms with Crippen molar-refractivity contribution >= 4 is 28.7 Å². The molecule has 0 spiro atoms. The maximum Gasteiger partial charge on any atom is 0.282 e. The third kappa shape index (κ3) is 3.65. The van der Waals surface area contributed by atoms with Crippen molar-refractivity contribution in [3.05, 3.63) is 87.7 Å². The van der Waals surface area contributed by atoms with E-state index in [2.05, 4.69) is 10.1 Å². The Bertz CT molecular complexity index is 1300. The van der Waals surface area contributed by atoms with Gasteiger partial charge in [0.05, 0.1) is 36.4 Å². The molecule has 4 aromatic rings. The van der Waals surface area contributed by atoms with Crippen LogP contribution in [0.25, 0.3) is 22.3 Å². The Balaban J connectivity index is 1.89. The number of ether oxygens (including phenoxy) is 2. The van der Waals surface area contributed by atoms with Crippen LogP contribution in [-0.2, 0) is 0 Å². The lowest BCUT2D eigenvalue weighted by molar-refractivity contribution is 0.355. The van der Waals surface area contributed by atoms with Crippen LogP contribution < -0.4 is 15.0 Å². The normalized spacial score (nSPS) is 11.2. The van der Waals surface area contributed by atoms with Gasteiger partial charge in [-0.1, -0.05) is 54.1 Å². The standard InChI is InChI=1S/C23H18ClN3O3/c1-29-20-13-15(12-18(24)21(20)30-2)14-25-27-22(16-8-4-3-5-9-16)26-19-11-7-6-10-17(19)23(27)28/h3-14H,1-2H3. The average Bonchev–Trinajstić information content (AvgIpc) is 2.78. The largest absolute Gasteiger partial charge is 0.493 e. The number of rotatable bonds is 5. The van der Waals surface area contributed by atoms with Gasteiger partial charge in [0, 0.05) is 5.56 Å². The fraction of sp³-hybridized carbons (Fsp3) is 0.0870. The van der Waals surface area contributed by atoms with Crippen molar-refractivity contribution in [1.29, 1.82) is 0 Å². The van der Waals surface area contributed by atoms with Crippen LogP contribution in [0.1, 0.15) is 5.56 Å². The maximum atomic E-state index is 13.2. The summed E-state index contributed by atoms with van der Waals surface area (Å²) in [7, 11) is 3.05. The molecule has 0 atom stereocenters. The topological polar surface area (TPSA) is 65.7 Å². The van der Waals surface area contributed by atoms with E-state index in [0.717, 1.165) is 5.56 Å². The number of benzene rings is 3. The molecule has 1 aromatic heterocycles. The molecular formula is C23H18ClN3O3. The number of halogens is 1. The molecule has 0 saturated heterocycles. The van der Waals surface area contributed by atoms with Crippen LogP contribution in [-0.4, -0.2) is 30.1 Å². The van der Waals surface area contributed by atoms with Crippen molar-refractivity contribution in [2.24, 2.45) is 5.10 Å². The Morgan fingerprint density at radius 2 is 1.73 bits per heavy atom. The Morgan fingerprint density at radius 3 is 2.47 bits per heavy atom. The second kappa shape index (κ2) is 8.39. The zero-order chi connectivity index (χ0) is 21.1. The van der Waals surface area contributed by atoms with E-state index in [1.807, 2.05) is 42.5 Å². The minimum absolute atomic E-state index is 0.262. The molecule has 0 amide bonds. The minimum Gasteiger partial charge on any atom is -0.493 e. The van der Waals surface area contributed by atoms with E-state index in [1.54, 1.807) is 24.3 Å². The molecule has 7 heteroatoms. The molecule has 30 heavy (non-hydrogen) atoms. The predicted octanol–water partition coefficient (Wildman–Crippen LogP) is 4.62. The first kappa shape index (κ1) is 19.7. The lowest BCUT2D eigenvalue weighted by atomic mass is 10.2. The van der Waals surface area contributed by atoms with Crippen LogP contribution in [0.15, 0.2) is 76.6 Å². The van der Waals surface area contributed by atoms with Gasteiger partial charge in [0.1, 0.15) is 0 Å². The lowest BCUT2D eigenvalue weighted by Crippen LogP contribution is -2.20. The highest BCUT2D eigenvalue weighted by Crippen LogP contribution is 2.35. The van der Waals surface area contributed by atoms with E-state index < -0.39 is 0 Å². The first-order valence-corrected chi connectivity index (χ1v) is 9.53. The number of hydrogen-bond donors (Lipinski definition) is 0. The second-order valence-corrected chi connectivity index (χ2v) is 6.83. The highest BCUT2D eigenvalue weighted by Gasteiger charge is 2.13. The van der Waals surface area contributed by atoms with Crippen molar-refractivity contribution in [3.8, 4) is 22.9 Å². The van der Waals surface area contributed by atoms with Gasteiger partial charge >= 0.3 is 0 Å². The molecule has 0 fully saturated rings. The van der Waals surface area contributed by atoms with Gasteiger partial charge in [0.2, 0.25) is 0 Å². The summed E-state index contributed by atoms with van der Waals surface area (Å²) in [5.41, 5.74) is 1.78. The van der Waals surface area contributed by atoms with E-state index in [1.165, 1.54) is 25.1 Å². The van der Waals surface area contributed by atoms with Crippen molar-refractivity contribution < 1.29 is 9.47 Å². The molecule has 3 aromatic carbocycles. The number of aromatic nitrogens is 2. The van der Waals surface area contributed by atoms with Crippen molar-refractivity contribution in [3.63, 3.8) is 0 Å². The zero-order valence-corrected chi connectivity index (χ0v) is 17.1. The number of para-hydroxylation sites is 1. The monoisotopic (exact) mass is 419 g/mol. The number of hydrogen-bond acceptors (Lipinski definition) is 5. The quantitative estimate of drug-likeness (QED) is 0.443. The van der Waals surface area contributed by atoms with Crippen LogP contribution in [0.4, 0.5) is 0 Å². The lowest BCUT2D eigenvalue weighted by Gasteiger charge is -2.11.